The first kappa shape index (κ1) is 15.9. The lowest BCUT2D eigenvalue weighted by Crippen LogP contribution is -2.32. The van der Waals surface area contributed by atoms with Crippen LogP contribution in [-0.4, -0.2) is 41.1 Å². The van der Waals surface area contributed by atoms with Gasteiger partial charge in [-0.25, -0.2) is 4.98 Å². The molecule has 26 heavy (non-hydrogen) atoms. The van der Waals surface area contributed by atoms with Gasteiger partial charge in [0.15, 0.2) is 0 Å². The zero-order valence-corrected chi connectivity index (χ0v) is 15.1. The van der Waals surface area contributed by atoms with Crippen LogP contribution in [0.15, 0.2) is 18.2 Å². The van der Waals surface area contributed by atoms with Gasteiger partial charge < -0.3 is 15.4 Å². The SMILES string of the molecule is Nc1nc(N2CCCC2)nc2c1CCN(Cc1ccc3c(c1)CCO3)C2. The number of nitrogens with two attached hydrogens (primary N) is 1. The van der Waals surface area contributed by atoms with Gasteiger partial charge >= 0.3 is 0 Å². The number of nitrogen functional groups attached to an aromatic ring is 1. The van der Waals surface area contributed by atoms with Crippen LogP contribution in [0.25, 0.3) is 0 Å². The fourth-order valence-electron chi connectivity index (χ4n) is 4.29. The molecule has 2 aromatic rings. The standard InChI is InChI=1S/C20H25N5O/c21-19-16-5-9-24(12-14-3-4-18-15(11-14)6-10-26-18)13-17(16)22-20(23-19)25-7-1-2-8-25/h3-4,11H,1-2,5-10,12-13H2,(H2,21,22,23). The van der Waals surface area contributed by atoms with Crippen molar-refractivity contribution in [2.45, 2.75) is 38.8 Å². The molecule has 0 spiro atoms. The molecular weight excluding hydrogens is 326 g/mol. The summed E-state index contributed by atoms with van der Waals surface area (Å²) in [5.41, 5.74) is 11.2. The molecule has 136 valence electrons. The summed E-state index contributed by atoms with van der Waals surface area (Å²) in [6, 6.07) is 6.59. The zero-order chi connectivity index (χ0) is 17.5. The number of aromatic nitrogens is 2. The van der Waals surface area contributed by atoms with Crippen molar-refractivity contribution in [3.8, 4) is 5.75 Å². The second kappa shape index (κ2) is 6.43. The van der Waals surface area contributed by atoms with Gasteiger partial charge in [-0.3, -0.25) is 4.90 Å². The van der Waals surface area contributed by atoms with Crippen molar-refractivity contribution in [3.05, 3.63) is 40.6 Å². The Kier molecular flexibility index (Phi) is 3.93. The molecule has 0 unspecified atom stereocenters. The van der Waals surface area contributed by atoms with Crippen molar-refractivity contribution < 1.29 is 4.74 Å². The van der Waals surface area contributed by atoms with Crippen LogP contribution in [-0.2, 0) is 25.9 Å². The topological polar surface area (TPSA) is 67.5 Å². The van der Waals surface area contributed by atoms with Crippen LogP contribution in [0.5, 0.6) is 5.75 Å². The molecule has 4 heterocycles. The lowest BCUT2D eigenvalue weighted by molar-refractivity contribution is 0.241. The summed E-state index contributed by atoms with van der Waals surface area (Å²) in [5, 5.41) is 0. The summed E-state index contributed by atoms with van der Waals surface area (Å²) in [4.78, 5) is 14.2. The molecule has 1 aromatic heterocycles. The predicted octanol–water partition coefficient (Wildman–Crippen LogP) is 2.15. The molecule has 1 saturated heterocycles. The molecule has 0 radical (unpaired) electrons. The molecule has 3 aliphatic rings. The Hall–Kier alpha value is -2.34. The lowest BCUT2D eigenvalue weighted by atomic mass is 10.0. The Morgan fingerprint density at radius 3 is 2.85 bits per heavy atom. The Morgan fingerprint density at radius 2 is 1.96 bits per heavy atom. The van der Waals surface area contributed by atoms with Gasteiger partial charge in [0.1, 0.15) is 11.6 Å². The van der Waals surface area contributed by atoms with Crippen molar-refractivity contribution in [1.29, 1.82) is 0 Å². The second-order valence-electron chi connectivity index (χ2n) is 7.53. The van der Waals surface area contributed by atoms with E-state index in [2.05, 4.69) is 33.0 Å². The number of hydrogen-bond donors (Lipinski definition) is 1. The van der Waals surface area contributed by atoms with E-state index in [0.717, 1.165) is 75.1 Å². The molecule has 0 bridgehead atoms. The summed E-state index contributed by atoms with van der Waals surface area (Å²) in [5.74, 6) is 2.54. The molecule has 0 saturated carbocycles. The van der Waals surface area contributed by atoms with E-state index in [-0.39, 0.29) is 0 Å². The molecule has 6 heteroatoms. The van der Waals surface area contributed by atoms with Crippen LogP contribution >= 0.6 is 0 Å². The first-order valence-electron chi connectivity index (χ1n) is 9.63. The van der Waals surface area contributed by atoms with Crippen molar-refractivity contribution >= 4 is 11.8 Å². The van der Waals surface area contributed by atoms with Gasteiger partial charge in [-0.15, -0.1) is 0 Å². The Morgan fingerprint density at radius 1 is 1.08 bits per heavy atom. The highest BCUT2D eigenvalue weighted by molar-refractivity contribution is 5.49. The molecule has 6 nitrogen and oxygen atoms in total. The summed E-state index contributed by atoms with van der Waals surface area (Å²) >= 11 is 0. The van der Waals surface area contributed by atoms with Crippen LogP contribution in [0.4, 0.5) is 11.8 Å². The highest BCUT2D eigenvalue weighted by Crippen LogP contribution is 2.29. The number of benzene rings is 1. The molecule has 1 fully saturated rings. The number of fused-ring (bicyclic) bond motifs is 2. The van der Waals surface area contributed by atoms with Gasteiger partial charge in [-0.1, -0.05) is 12.1 Å². The van der Waals surface area contributed by atoms with E-state index >= 15 is 0 Å². The van der Waals surface area contributed by atoms with Crippen LogP contribution in [0, 0.1) is 0 Å². The minimum absolute atomic E-state index is 0.672. The largest absolute Gasteiger partial charge is 0.493 e. The van der Waals surface area contributed by atoms with Crippen molar-refractivity contribution in [2.75, 3.05) is 36.9 Å². The minimum atomic E-state index is 0.672. The van der Waals surface area contributed by atoms with Gasteiger partial charge in [0.25, 0.3) is 0 Å². The highest BCUT2D eigenvalue weighted by Gasteiger charge is 2.24. The number of nitrogens with zero attached hydrogens (tertiary/aromatic N) is 4. The summed E-state index contributed by atoms with van der Waals surface area (Å²) in [7, 11) is 0. The Labute approximate surface area is 154 Å². The van der Waals surface area contributed by atoms with Gasteiger partial charge in [-0.05, 0) is 36.5 Å². The Balaban J connectivity index is 1.35. The van der Waals surface area contributed by atoms with E-state index in [1.54, 1.807) is 0 Å². The summed E-state index contributed by atoms with van der Waals surface area (Å²) < 4.78 is 5.62. The van der Waals surface area contributed by atoms with Gasteiger partial charge in [0, 0.05) is 44.7 Å². The molecule has 0 amide bonds. The van der Waals surface area contributed by atoms with Crippen molar-refractivity contribution in [1.82, 2.24) is 14.9 Å². The third kappa shape index (κ3) is 2.88. The smallest absolute Gasteiger partial charge is 0.227 e. The fourth-order valence-corrected chi connectivity index (χ4v) is 4.29. The van der Waals surface area contributed by atoms with Crippen LogP contribution in [0.2, 0.25) is 0 Å². The molecule has 5 rings (SSSR count). The summed E-state index contributed by atoms with van der Waals surface area (Å²) in [6.07, 6.45) is 4.38. The number of hydrogen-bond acceptors (Lipinski definition) is 6. The minimum Gasteiger partial charge on any atom is -0.493 e. The van der Waals surface area contributed by atoms with E-state index < -0.39 is 0 Å². The number of anilines is 2. The van der Waals surface area contributed by atoms with E-state index in [1.165, 1.54) is 24.0 Å². The van der Waals surface area contributed by atoms with E-state index in [4.69, 9.17) is 15.5 Å². The highest BCUT2D eigenvalue weighted by atomic mass is 16.5. The zero-order valence-electron chi connectivity index (χ0n) is 15.1. The van der Waals surface area contributed by atoms with Crippen molar-refractivity contribution in [3.63, 3.8) is 0 Å². The maximum absolute atomic E-state index is 6.26. The third-order valence-corrected chi connectivity index (χ3v) is 5.71. The van der Waals surface area contributed by atoms with E-state index in [0.29, 0.717) is 5.82 Å². The van der Waals surface area contributed by atoms with Gasteiger partial charge in [0.2, 0.25) is 5.95 Å². The summed E-state index contributed by atoms with van der Waals surface area (Å²) in [6.45, 7) is 5.67. The molecular formula is C20H25N5O. The number of ether oxygens (including phenoxy) is 1. The lowest BCUT2D eigenvalue weighted by Gasteiger charge is -2.29. The fraction of sp³-hybridized carbons (Fsp3) is 0.500. The van der Waals surface area contributed by atoms with Crippen LogP contribution in [0.3, 0.4) is 0 Å². The first-order valence-corrected chi connectivity index (χ1v) is 9.63. The van der Waals surface area contributed by atoms with Gasteiger partial charge in [0.05, 0.1) is 12.3 Å². The van der Waals surface area contributed by atoms with Crippen LogP contribution < -0.4 is 15.4 Å². The van der Waals surface area contributed by atoms with Crippen molar-refractivity contribution in [2.24, 2.45) is 0 Å². The average molecular weight is 351 g/mol. The normalized spacial score (nSPS) is 19.3. The second-order valence-corrected chi connectivity index (χ2v) is 7.53. The molecule has 1 aromatic carbocycles. The third-order valence-electron chi connectivity index (χ3n) is 5.71. The number of rotatable bonds is 3. The molecule has 2 N–H and O–H groups in total. The maximum atomic E-state index is 6.26. The van der Waals surface area contributed by atoms with E-state index in [9.17, 15) is 0 Å². The van der Waals surface area contributed by atoms with E-state index in [1.807, 2.05) is 0 Å². The Bertz CT molecular complexity index is 831. The average Bonchev–Trinajstić information content (AvgIpc) is 3.33. The molecule has 0 aliphatic carbocycles. The first-order chi connectivity index (χ1) is 12.8. The van der Waals surface area contributed by atoms with Crippen LogP contribution in [0.1, 0.15) is 35.2 Å². The predicted molar refractivity (Wildman–Crippen MR) is 101 cm³/mol. The molecule has 0 atom stereocenters. The maximum Gasteiger partial charge on any atom is 0.227 e. The molecule has 3 aliphatic heterocycles. The van der Waals surface area contributed by atoms with Gasteiger partial charge in [-0.2, -0.15) is 4.98 Å². The quantitative estimate of drug-likeness (QED) is 0.914. The monoisotopic (exact) mass is 351 g/mol.